The van der Waals surface area contributed by atoms with Crippen molar-refractivity contribution in [2.75, 3.05) is 19.7 Å². The van der Waals surface area contributed by atoms with Gasteiger partial charge >= 0.3 is 0 Å². The van der Waals surface area contributed by atoms with Gasteiger partial charge in [0.1, 0.15) is 5.54 Å². The van der Waals surface area contributed by atoms with E-state index in [0.29, 0.717) is 0 Å². The molecule has 0 bridgehead atoms. The van der Waals surface area contributed by atoms with E-state index >= 15 is 0 Å². The number of likely N-dealkylation sites (tertiary alicyclic amines) is 1. The molecule has 2 aliphatic heterocycles. The Morgan fingerprint density at radius 1 is 1.36 bits per heavy atom. The molecule has 0 amide bonds. The molecule has 0 aromatic rings. The van der Waals surface area contributed by atoms with Crippen molar-refractivity contribution in [2.24, 2.45) is 0 Å². The van der Waals surface area contributed by atoms with Gasteiger partial charge in [0, 0.05) is 6.61 Å². The van der Waals surface area contributed by atoms with Gasteiger partial charge in [-0.15, -0.1) is 0 Å². The topological polar surface area (TPSA) is 36.3 Å². The summed E-state index contributed by atoms with van der Waals surface area (Å²) in [4.78, 5) is 2.29. The monoisotopic (exact) mass is 194 g/mol. The third-order valence-corrected chi connectivity index (χ3v) is 3.55. The largest absolute Gasteiger partial charge is 0.375 e. The summed E-state index contributed by atoms with van der Waals surface area (Å²) in [6, 6.07) is 2.46. The summed E-state index contributed by atoms with van der Waals surface area (Å²) in [5.41, 5.74) is -0.382. The second kappa shape index (κ2) is 3.88. The second-order valence-electron chi connectivity index (χ2n) is 4.46. The first-order valence-corrected chi connectivity index (χ1v) is 5.55. The van der Waals surface area contributed by atoms with Gasteiger partial charge in [-0.1, -0.05) is 0 Å². The third-order valence-electron chi connectivity index (χ3n) is 3.55. The fourth-order valence-electron chi connectivity index (χ4n) is 2.55. The average molecular weight is 194 g/mol. The highest BCUT2D eigenvalue weighted by Gasteiger charge is 2.43. The van der Waals surface area contributed by atoms with Gasteiger partial charge in [0.25, 0.3) is 0 Å². The highest BCUT2D eigenvalue weighted by Crippen LogP contribution is 2.31. The molecule has 2 aliphatic rings. The molecule has 2 saturated heterocycles. The van der Waals surface area contributed by atoms with E-state index in [2.05, 4.69) is 11.0 Å². The smallest absolute Gasteiger partial charge is 0.132 e. The Balaban J connectivity index is 2.11. The Morgan fingerprint density at radius 3 is 2.57 bits per heavy atom. The van der Waals surface area contributed by atoms with Gasteiger partial charge in [-0.25, -0.2) is 0 Å². The van der Waals surface area contributed by atoms with Crippen LogP contribution in [-0.4, -0.2) is 36.2 Å². The number of hydrogen-bond donors (Lipinski definition) is 0. The van der Waals surface area contributed by atoms with Crippen molar-refractivity contribution in [3.63, 3.8) is 0 Å². The lowest BCUT2D eigenvalue weighted by Gasteiger charge is -2.36. The Hall–Kier alpha value is -0.590. The predicted octanol–water partition coefficient (Wildman–Crippen LogP) is 1.54. The van der Waals surface area contributed by atoms with E-state index in [-0.39, 0.29) is 11.6 Å². The molecule has 2 fully saturated rings. The molecule has 78 valence electrons. The lowest BCUT2D eigenvalue weighted by atomic mass is 9.92. The zero-order valence-electron chi connectivity index (χ0n) is 8.83. The highest BCUT2D eigenvalue weighted by atomic mass is 16.5. The third kappa shape index (κ3) is 1.53. The van der Waals surface area contributed by atoms with Crippen molar-refractivity contribution < 1.29 is 4.74 Å². The summed E-state index contributed by atoms with van der Waals surface area (Å²) < 4.78 is 5.66. The van der Waals surface area contributed by atoms with Crippen LogP contribution in [-0.2, 0) is 4.74 Å². The molecule has 2 rings (SSSR count). The van der Waals surface area contributed by atoms with Gasteiger partial charge in [-0.05, 0) is 45.7 Å². The maximum Gasteiger partial charge on any atom is 0.132 e. The van der Waals surface area contributed by atoms with E-state index in [0.717, 1.165) is 32.5 Å². The fourth-order valence-corrected chi connectivity index (χ4v) is 2.55. The van der Waals surface area contributed by atoms with Gasteiger partial charge in [0.2, 0.25) is 0 Å². The summed E-state index contributed by atoms with van der Waals surface area (Å²) in [7, 11) is 0. The van der Waals surface area contributed by atoms with Crippen molar-refractivity contribution in [1.82, 2.24) is 4.90 Å². The molecule has 2 atom stereocenters. The molecule has 3 nitrogen and oxygen atoms in total. The van der Waals surface area contributed by atoms with E-state index in [9.17, 15) is 5.26 Å². The minimum absolute atomic E-state index is 0.130. The van der Waals surface area contributed by atoms with E-state index in [1.807, 2.05) is 6.92 Å². The molecule has 3 heteroatoms. The lowest BCUT2D eigenvalue weighted by Crippen LogP contribution is -2.52. The quantitative estimate of drug-likeness (QED) is 0.669. The van der Waals surface area contributed by atoms with Crippen LogP contribution in [0.25, 0.3) is 0 Å². The van der Waals surface area contributed by atoms with Gasteiger partial charge in [-0.2, -0.15) is 5.26 Å². The van der Waals surface area contributed by atoms with Crippen molar-refractivity contribution in [3.8, 4) is 6.07 Å². The van der Waals surface area contributed by atoms with Gasteiger partial charge < -0.3 is 4.74 Å². The molecule has 2 heterocycles. The first-order chi connectivity index (χ1) is 6.77. The highest BCUT2D eigenvalue weighted by molar-refractivity contribution is 5.12. The Morgan fingerprint density at radius 2 is 2.07 bits per heavy atom. The molecule has 0 aromatic heterocycles. The lowest BCUT2D eigenvalue weighted by molar-refractivity contribution is 0.00466. The van der Waals surface area contributed by atoms with Crippen molar-refractivity contribution >= 4 is 0 Å². The van der Waals surface area contributed by atoms with Gasteiger partial charge in [-0.3, -0.25) is 4.90 Å². The molecule has 0 spiro atoms. The first kappa shape index (κ1) is 9.95. The molecular weight excluding hydrogens is 176 g/mol. The van der Waals surface area contributed by atoms with Crippen LogP contribution in [0.2, 0.25) is 0 Å². The Kier molecular flexibility index (Phi) is 2.76. The average Bonchev–Trinajstić information content (AvgIpc) is 2.88. The van der Waals surface area contributed by atoms with Crippen LogP contribution in [0.3, 0.4) is 0 Å². The molecule has 0 N–H and O–H groups in total. The van der Waals surface area contributed by atoms with Crippen molar-refractivity contribution in [3.05, 3.63) is 0 Å². The Labute approximate surface area is 85.6 Å². The standard InChI is InChI=1S/C11H18N2O/c1-11(9-12,10-5-4-8-14-10)13-6-2-3-7-13/h10H,2-8H2,1H3. The molecule has 14 heavy (non-hydrogen) atoms. The zero-order chi connectivity index (χ0) is 10.0. The maximum absolute atomic E-state index is 9.33. The number of hydrogen-bond acceptors (Lipinski definition) is 3. The normalized spacial score (nSPS) is 32.7. The van der Waals surface area contributed by atoms with Crippen LogP contribution in [0.5, 0.6) is 0 Å². The number of nitrogens with zero attached hydrogens (tertiary/aromatic N) is 2. The molecule has 0 aliphatic carbocycles. The molecule has 0 radical (unpaired) electrons. The van der Waals surface area contributed by atoms with E-state index in [1.54, 1.807) is 0 Å². The van der Waals surface area contributed by atoms with Crippen molar-refractivity contribution in [2.45, 2.75) is 44.2 Å². The summed E-state index contributed by atoms with van der Waals surface area (Å²) in [6.07, 6.45) is 4.73. The molecule has 0 saturated carbocycles. The fraction of sp³-hybridized carbons (Fsp3) is 0.909. The van der Waals surface area contributed by atoms with E-state index < -0.39 is 0 Å². The maximum atomic E-state index is 9.33. The number of ether oxygens (including phenoxy) is 1. The van der Waals surface area contributed by atoms with Crippen molar-refractivity contribution in [1.29, 1.82) is 5.26 Å². The van der Waals surface area contributed by atoms with Crippen LogP contribution >= 0.6 is 0 Å². The summed E-state index contributed by atoms with van der Waals surface area (Å²) >= 11 is 0. The van der Waals surface area contributed by atoms with Crippen LogP contribution in [0, 0.1) is 11.3 Å². The van der Waals surface area contributed by atoms with Crippen LogP contribution in [0.15, 0.2) is 0 Å². The predicted molar refractivity (Wildman–Crippen MR) is 53.8 cm³/mol. The first-order valence-electron chi connectivity index (χ1n) is 5.55. The SMILES string of the molecule is CC(C#N)(C1CCCO1)N1CCCC1. The Bertz CT molecular complexity index is 218. The summed E-state index contributed by atoms with van der Waals surface area (Å²) in [5.74, 6) is 0. The minimum Gasteiger partial charge on any atom is -0.375 e. The van der Waals surface area contributed by atoms with E-state index in [1.165, 1.54) is 12.8 Å². The summed E-state index contributed by atoms with van der Waals surface area (Å²) in [6.45, 7) is 4.98. The van der Waals surface area contributed by atoms with Crippen LogP contribution in [0.1, 0.15) is 32.6 Å². The van der Waals surface area contributed by atoms with Crippen LogP contribution < -0.4 is 0 Å². The number of rotatable bonds is 2. The van der Waals surface area contributed by atoms with E-state index in [4.69, 9.17) is 4.74 Å². The minimum atomic E-state index is -0.382. The summed E-state index contributed by atoms with van der Waals surface area (Å²) in [5, 5.41) is 9.33. The van der Waals surface area contributed by atoms with Gasteiger partial charge in [0.15, 0.2) is 0 Å². The second-order valence-corrected chi connectivity index (χ2v) is 4.46. The molecule has 2 unspecified atom stereocenters. The van der Waals surface area contributed by atoms with Crippen LogP contribution in [0.4, 0.5) is 0 Å². The molecule has 0 aromatic carbocycles. The zero-order valence-corrected chi connectivity index (χ0v) is 8.83. The van der Waals surface area contributed by atoms with Gasteiger partial charge in [0.05, 0.1) is 12.2 Å². The molecular formula is C11H18N2O. The number of nitriles is 1.